The van der Waals surface area contributed by atoms with Crippen LogP contribution in [0.3, 0.4) is 0 Å². The third-order valence-electron chi connectivity index (χ3n) is 5.33. The molecule has 0 saturated carbocycles. The van der Waals surface area contributed by atoms with E-state index < -0.39 is 28.0 Å². The van der Waals surface area contributed by atoms with Gasteiger partial charge in [-0.25, -0.2) is 21.9 Å². The molecule has 1 atom stereocenters. The number of sulfonamides is 1. The lowest BCUT2D eigenvalue weighted by Gasteiger charge is -2.14. The van der Waals surface area contributed by atoms with Crippen molar-refractivity contribution in [1.82, 2.24) is 19.2 Å². The minimum atomic E-state index is -3.56. The van der Waals surface area contributed by atoms with Gasteiger partial charge in [-0.05, 0) is 42.8 Å². The van der Waals surface area contributed by atoms with Gasteiger partial charge in [0.2, 0.25) is 10.0 Å². The maximum absolute atomic E-state index is 14.6. The molecule has 1 amide bonds. The van der Waals surface area contributed by atoms with Crippen LogP contribution < -0.4 is 5.32 Å². The number of allylic oxidation sites excluding steroid dienone is 1. The molecule has 11 heteroatoms. The molecule has 34 heavy (non-hydrogen) atoms. The molecule has 0 aliphatic rings. The van der Waals surface area contributed by atoms with Gasteiger partial charge in [0.25, 0.3) is 0 Å². The van der Waals surface area contributed by atoms with Crippen LogP contribution in [0.4, 0.5) is 9.18 Å². The molecule has 182 valence electrons. The van der Waals surface area contributed by atoms with E-state index in [2.05, 4.69) is 10.3 Å². The molecule has 0 bridgehead atoms. The molecular formula is C23H27FN4O5S. The number of amides is 1. The van der Waals surface area contributed by atoms with E-state index in [-0.39, 0.29) is 18.0 Å². The summed E-state index contributed by atoms with van der Waals surface area (Å²) in [4.78, 5) is 15.2. The molecule has 0 saturated heterocycles. The molecule has 9 nitrogen and oxygen atoms in total. The first-order valence-corrected chi connectivity index (χ1v) is 11.9. The Morgan fingerprint density at radius 3 is 2.53 bits per heavy atom. The van der Waals surface area contributed by atoms with Crippen molar-refractivity contribution in [1.29, 1.82) is 0 Å². The van der Waals surface area contributed by atoms with Crippen LogP contribution in [0.15, 0.2) is 59.4 Å². The van der Waals surface area contributed by atoms with Crippen molar-refractivity contribution in [3.63, 3.8) is 0 Å². The molecule has 2 heterocycles. The fourth-order valence-electron chi connectivity index (χ4n) is 3.74. The highest BCUT2D eigenvalue weighted by molar-refractivity contribution is 7.89. The number of hydrogen-bond acceptors (Lipinski definition) is 5. The number of aliphatic hydroxyl groups is 1. The highest BCUT2D eigenvalue weighted by Crippen LogP contribution is 2.32. The van der Waals surface area contributed by atoms with E-state index in [1.807, 2.05) is 0 Å². The van der Waals surface area contributed by atoms with E-state index in [0.29, 0.717) is 28.7 Å². The van der Waals surface area contributed by atoms with Crippen LogP contribution in [-0.4, -0.2) is 59.2 Å². The minimum Gasteiger partial charge on any atom is -0.465 e. The number of rotatable bonds is 9. The largest absolute Gasteiger partial charge is 0.465 e. The molecule has 1 unspecified atom stereocenters. The van der Waals surface area contributed by atoms with Gasteiger partial charge >= 0.3 is 6.09 Å². The summed E-state index contributed by atoms with van der Waals surface area (Å²) in [6, 6.07) is 9.93. The van der Waals surface area contributed by atoms with Crippen molar-refractivity contribution in [3.05, 3.63) is 71.3 Å². The Balaban J connectivity index is 2.01. The third kappa shape index (κ3) is 5.44. The summed E-state index contributed by atoms with van der Waals surface area (Å²) in [5, 5.41) is 21.3. The number of hydrogen-bond donors (Lipinski definition) is 3. The Hall–Kier alpha value is -3.28. The first-order valence-electron chi connectivity index (χ1n) is 10.5. The fourth-order valence-corrected chi connectivity index (χ4v) is 4.64. The molecule has 1 aromatic carbocycles. The molecule has 0 fully saturated rings. The summed E-state index contributed by atoms with van der Waals surface area (Å²) in [6.45, 7) is 1.19. The van der Waals surface area contributed by atoms with Gasteiger partial charge in [-0.2, -0.15) is 0 Å². The number of carbonyl (C=O) groups is 1. The number of nitrogens with one attached hydrogen (secondary N) is 1. The summed E-state index contributed by atoms with van der Waals surface area (Å²) in [5.74, 6) is -0.568. The van der Waals surface area contributed by atoms with Gasteiger partial charge in [-0.3, -0.25) is 4.98 Å². The van der Waals surface area contributed by atoms with Crippen LogP contribution in [0.1, 0.15) is 29.8 Å². The van der Waals surface area contributed by atoms with Crippen LogP contribution in [-0.2, 0) is 23.0 Å². The number of aliphatic hydroxyl groups excluding tert-OH is 1. The topological polar surface area (TPSA) is 125 Å². The fraction of sp³-hybridized carbons (Fsp3) is 0.304. The van der Waals surface area contributed by atoms with Gasteiger partial charge in [0.05, 0.1) is 34.3 Å². The first-order chi connectivity index (χ1) is 16.0. The smallest absolute Gasteiger partial charge is 0.404 e. The molecule has 3 N–H and O–H groups in total. The summed E-state index contributed by atoms with van der Waals surface area (Å²) in [6.07, 6.45) is 0.886. The second-order valence-electron chi connectivity index (χ2n) is 7.94. The van der Waals surface area contributed by atoms with E-state index in [4.69, 9.17) is 5.11 Å². The number of aromatic nitrogens is 2. The molecule has 0 spiro atoms. The van der Waals surface area contributed by atoms with Crippen molar-refractivity contribution in [3.8, 4) is 0 Å². The van der Waals surface area contributed by atoms with Gasteiger partial charge < -0.3 is 20.1 Å². The third-order valence-corrected chi connectivity index (χ3v) is 7.16. The van der Waals surface area contributed by atoms with Crippen molar-refractivity contribution >= 4 is 27.1 Å². The molecule has 3 rings (SSSR count). The standard InChI is InChI=1S/C23H27FN4O5S/c1-15(29)22-19(13-16-6-8-18(9-7-16)34(32,33)27(2)3)21-20(5-4-11-25-21)28(22)14-17(24)10-12-26-23(30)31/h4-11,15,26,29H,12-14H2,1-3H3,(H,30,31)/b17-10-. The Bertz CT molecular complexity index is 1320. The van der Waals surface area contributed by atoms with E-state index in [0.717, 1.165) is 15.9 Å². The average Bonchev–Trinajstić information content (AvgIpc) is 3.07. The molecule has 0 aliphatic heterocycles. The van der Waals surface area contributed by atoms with Crippen molar-refractivity contribution in [2.24, 2.45) is 0 Å². The number of carboxylic acid groups (broad SMARTS) is 1. The van der Waals surface area contributed by atoms with Crippen LogP contribution in [0, 0.1) is 0 Å². The lowest BCUT2D eigenvalue weighted by Crippen LogP contribution is -2.22. The Morgan fingerprint density at radius 1 is 1.26 bits per heavy atom. The Kier molecular flexibility index (Phi) is 7.70. The number of fused-ring (bicyclic) bond motifs is 1. The predicted molar refractivity (Wildman–Crippen MR) is 126 cm³/mol. The zero-order chi connectivity index (χ0) is 25.0. The lowest BCUT2D eigenvalue weighted by molar-refractivity contribution is 0.188. The summed E-state index contributed by atoms with van der Waals surface area (Å²) in [5.41, 5.74) is 3.19. The van der Waals surface area contributed by atoms with E-state index in [9.17, 15) is 22.7 Å². The Labute approximate surface area is 197 Å². The van der Waals surface area contributed by atoms with Gasteiger partial charge in [-0.15, -0.1) is 0 Å². The zero-order valence-electron chi connectivity index (χ0n) is 19.1. The van der Waals surface area contributed by atoms with E-state index >= 15 is 0 Å². The molecule has 0 aliphatic carbocycles. The van der Waals surface area contributed by atoms with E-state index in [1.165, 1.54) is 26.2 Å². The molecular weight excluding hydrogens is 463 g/mol. The van der Waals surface area contributed by atoms with Gasteiger partial charge in [0.1, 0.15) is 5.83 Å². The van der Waals surface area contributed by atoms with Crippen LogP contribution >= 0.6 is 0 Å². The van der Waals surface area contributed by atoms with Crippen LogP contribution in [0.5, 0.6) is 0 Å². The number of benzene rings is 1. The summed E-state index contributed by atoms with van der Waals surface area (Å²) >= 11 is 0. The number of nitrogens with zero attached hydrogens (tertiary/aromatic N) is 3. The summed E-state index contributed by atoms with van der Waals surface area (Å²) in [7, 11) is -0.634. The molecule has 3 aromatic rings. The Morgan fingerprint density at radius 2 is 1.94 bits per heavy atom. The number of halogens is 1. The van der Waals surface area contributed by atoms with Gasteiger partial charge in [0, 0.05) is 38.8 Å². The van der Waals surface area contributed by atoms with Crippen LogP contribution in [0.25, 0.3) is 11.0 Å². The predicted octanol–water partition coefficient (Wildman–Crippen LogP) is 3.05. The first kappa shape index (κ1) is 25.3. The monoisotopic (exact) mass is 490 g/mol. The minimum absolute atomic E-state index is 0.166. The normalized spacial score (nSPS) is 13.4. The van der Waals surface area contributed by atoms with Gasteiger partial charge in [0.15, 0.2) is 0 Å². The quantitative estimate of drug-likeness (QED) is 0.423. The molecule has 2 aromatic heterocycles. The zero-order valence-corrected chi connectivity index (χ0v) is 19.9. The highest BCUT2D eigenvalue weighted by atomic mass is 32.2. The average molecular weight is 491 g/mol. The molecule has 0 radical (unpaired) electrons. The van der Waals surface area contributed by atoms with Crippen molar-refractivity contribution < 1.29 is 27.8 Å². The summed E-state index contributed by atoms with van der Waals surface area (Å²) < 4.78 is 42.1. The van der Waals surface area contributed by atoms with Gasteiger partial charge in [-0.1, -0.05) is 12.1 Å². The van der Waals surface area contributed by atoms with Crippen molar-refractivity contribution in [2.45, 2.75) is 30.9 Å². The maximum atomic E-state index is 14.6. The lowest BCUT2D eigenvalue weighted by atomic mass is 10.0. The van der Waals surface area contributed by atoms with Crippen molar-refractivity contribution in [2.75, 3.05) is 20.6 Å². The second kappa shape index (κ2) is 10.3. The van der Waals surface area contributed by atoms with Crippen LogP contribution in [0.2, 0.25) is 0 Å². The maximum Gasteiger partial charge on any atom is 0.404 e. The highest BCUT2D eigenvalue weighted by Gasteiger charge is 2.23. The van der Waals surface area contributed by atoms with E-state index in [1.54, 1.807) is 42.0 Å². The second-order valence-corrected chi connectivity index (χ2v) is 10.1. The SMILES string of the molecule is CC(O)c1c(Cc2ccc(S(=O)(=O)N(C)C)cc2)c2ncccc2n1C/C(F)=C/CNC(=O)O. The number of pyridine rings is 1.